The molecule has 0 saturated heterocycles. The minimum Gasteiger partial charge on any atom is -0.347 e. The van der Waals surface area contributed by atoms with Crippen molar-refractivity contribution in [2.24, 2.45) is 5.92 Å². The average Bonchev–Trinajstić information content (AvgIpc) is 3.40. The van der Waals surface area contributed by atoms with E-state index in [0.717, 1.165) is 30.3 Å². The Hall–Kier alpha value is -2.16. The summed E-state index contributed by atoms with van der Waals surface area (Å²) in [5.74, 6) is 0.168. The molecule has 8 heteroatoms. The van der Waals surface area contributed by atoms with E-state index in [0.29, 0.717) is 16.1 Å². The Labute approximate surface area is 184 Å². The van der Waals surface area contributed by atoms with E-state index in [1.54, 1.807) is 6.07 Å². The minimum atomic E-state index is -3.63. The number of carbonyl (C=O) groups is 1. The van der Waals surface area contributed by atoms with E-state index in [1.165, 1.54) is 12.1 Å². The fourth-order valence-electron chi connectivity index (χ4n) is 3.36. The van der Waals surface area contributed by atoms with Gasteiger partial charge in [0.1, 0.15) is 0 Å². The van der Waals surface area contributed by atoms with Crippen LogP contribution in [0.25, 0.3) is 10.9 Å². The molecule has 0 spiro atoms. The Kier molecular flexibility index (Phi) is 5.74. The predicted octanol–water partition coefficient (Wildman–Crippen LogP) is 4.75. The number of fused-ring (bicyclic) bond motifs is 1. The van der Waals surface area contributed by atoms with Crippen molar-refractivity contribution in [3.8, 4) is 0 Å². The molecule has 1 aromatic heterocycles. The zero-order chi connectivity index (χ0) is 21.5. The van der Waals surface area contributed by atoms with Gasteiger partial charge in [0, 0.05) is 39.8 Å². The quantitative estimate of drug-likeness (QED) is 0.502. The molecule has 0 aliphatic heterocycles. The summed E-state index contributed by atoms with van der Waals surface area (Å²) in [6.07, 6.45) is 3.75. The number of nitrogens with one attached hydrogen (secondary N) is 2. The van der Waals surface area contributed by atoms with Crippen LogP contribution < -0.4 is 10.0 Å². The molecular formula is C22H24BrN3O3S. The number of anilines is 1. The van der Waals surface area contributed by atoms with Crippen molar-refractivity contribution in [1.82, 2.24) is 9.29 Å². The zero-order valence-electron chi connectivity index (χ0n) is 16.9. The monoisotopic (exact) mass is 489 g/mol. The van der Waals surface area contributed by atoms with Crippen LogP contribution in [0, 0.1) is 5.92 Å². The van der Waals surface area contributed by atoms with Crippen LogP contribution in [0.2, 0.25) is 0 Å². The molecule has 1 heterocycles. The highest BCUT2D eigenvalue weighted by Gasteiger charge is 2.28. The lowest BCUT2D eigenvalue weighted by atomic mass is 10.2. The summed E-state index contributed by atoms with van der Waals surface area (Å²) in [6.45, 7) is 5.28. The van der Waals surface area contributed by atoms with Gasteiger partial charge in [0.05, 0.1) is 10.5 Å². The van der Waals surface area contributed by atoms with Crippen molar-refractivity contribution in [3.63, 3.8) is 0 Å². The van der Waals surface area contributed by atoms with E-state index in [1.807, 2.05) is 30.5 Å². The molecule has 2 N–H and O–H groups in total. The van der Waals surface area contributed by atoms with Crippen LogP contribution in [0.1, 0.15) is 37.0 Å². The smallest absolute Gasteiger partial charge is 0.256 e. The average molecular weight is 490 g/mol. The highest BCUT2D eigenvalue weighted by molar-refractivity contribution is 9.10. The minimum absolute atomic E-state index is 0.00523. The van der Waals surface area contributed by atoms with Gasteiger partial charge in [-0.15, -0.1) is 0 Å². The Morgan fingerprint density at radius 1 is 1.17 bits per heavy atom. The normalized spacial score (nSPS) is 14.4. The largest absolute Gasteiger partial charge is 0.347 e. The number of halogens is 1. The Bertz CT molecular complexity index is 1210. The number of carbonyl (C=O) groups excluding carboxylic acids is 1. The molecule has 1 fully saturated rings. The Morgan fingerprint density at radius 3 is 2.63 bits per heavy atom. The molecule has 1 saturated carbocycles. The molecule has 1 aliphatic rings. The second kappa shape index (κ2) is 8.17. The van der Waals surface area contributed by atoms with Gasteiger partial charge in [-0.25, -0.2) is 13.1 Å². The SMILES string of the molecule is CC(C)Cn1ccc2cc(NC(=O)c3cc(S(=O)(=O)NC4CC4)ccc3Br)ccc21. The molecule has 0 atom stereocenters. The third-order valence-corrected chi connectivity index (χ3v) is 7.19. The lowest BCUT2D eigenvalue weighted by molar-refractivity contribution is 0.102. The third kappa shape index (κ3) is 4.61. The number of benzene rings is 2. The van der Waals surface area contributed by atoms with Crippen LogP contribution in [0.3, 0.4) is 0 Å². The zero-order valence-corrected chi connectivity index (χ0v) is 19.3. The molecule has 158 valence electrons. The van der Waals surface area contributed by atoms with Gasteiger partial charge in [-0.2, -0.15) is 0 Å². The number of rotatable bonds is 7. The summed E-state index contributed by atoms with van der Waals surface area (Å²) in [4.78, 5) is 13.0. The highest BCUT2D eigenvalue weighted by Crippen LogP contribution is 2.26. The van der Waals surface area contributed by atoms with Gasteiger partial charge in [-0.05, 0) is 77.2 Å². The summed E-state index contributed by atoms with van der Waals surface area (Å²) in [7, 11) is -3.63. The molecule has 3 aromatic rings. The van der Waals surface area contributed by atoms with Crippen molar-refractivity contribution >= 4 is 48.5 Å². The first-order valence-corrected chi connectivity index (χ1v) is 12.2. The van der Waals surface area contributed by atoms with Gasteiger partial charge in [0.25, 0.3) is 5.91 Å². The predicted molar refractivity (Wildman–Crippen MR) is 122 cm³/mol. The van der Waals surface area contributed by atoms with Crippen LogP contribution in [0.5, 0.6) is 0 Å². The molecule has 30 heavy (non-hydrogen) atoms. The summed E-state index contributed by atoms with van der Waals surface area (Å²) < 4.78 is 30.4. The van der Waals surface area contributed by atoms with Crippen LogP contribution >= 0.6 is 15.9 Å². The molecule has 0 radical (unpaired) electrons. The maximum atomic E-state index is 12.9. The van der Waals surface area contributed by atoms with Crippen LogP contribution in [-0.2, 0) is 16.6 Å². The number of aromatic nitrogens is 1. The van der Waals surface area contributed by atoms with E-state index < -0.39 is 10.0 Å². The molecular weight excluding hydrogens is 466 g/mol. The van der Waals surface area contributed by atoms with Crippen molar-refractivity contribution in [2.75, 3.05) is 5.32 Å². The van der Waals surface area contributed by atoms with Gasteiger partial charge in [0.15, 0.2) is 0 Å². The van der Waals surface area contributed by atoms with Crippen molar-refractivity contribution < 1.29 is 13.2 Å². The van der Waals surface area contributed by atoms with E-state index in [4.69, 9.17) is 0 Å². The van der Waals surface area contributed by atoms with Crippen LogP contribution in [-0.4, -0.2) is 24.9 Å². The summed E-state index contributed by atoms with van der Waals surface area (Å²) >= 11 is 3.36. The van der Waals surface area contributed by atoms with Gasteiger partial charge in [-0.3, -0.25) is 4.79 Å². The number of nitrogens with zero attached hydrogens (tertiary/aromatic N) is 1. The molecule has 6 nitrogen and oxygen atoms in total. The topological polar surface area (TPSA) is 80.2 Å². The number of sulfonamides is 1. The lowest BCUT2D eigenvalue weighted by Gasteiger charge is -2.11. The number of hydrogen-bond acceptors (Lipinski definition) is 3. The van der Waals surface area contributed by atoms with E-state index >= 15 is 0 Å². The van der Waals surface area contributed by atoms with E-state index in [9.17, 15) is 13.2 Å². The standard InChI is InChI=1S/C22H24BrN3O3S/c1-14(2)13-26-10-9-15-11-17(5-8-21(15)26)24-22(27)19-12-18(6-7-20(19)23)30(28,29)25-16-3-4-16/h5-12,14,16,25H,3-4,13H2,1-2H3,(H,24,27). The van der Waals surface area contributed by atoms with Crippen molar-refractivity contribution in [3.05, 3.63) is 58.7 Å². The van der Waals surface area contributed by atoms with Gasteiger partial charge in [-0.1, -0.05) is 13.8 Å². The van der Waals surface area contributed by atoms with E-state index in [2.05, 4.69) is 44.4 Å². The molecule has 1 amide bonds. The van der Waals surface area contributed by atoms with Gasteiger partial charge >= 0.3 is 0 Å². The number of amides is 1. The first-order valence-electron chi connectivity index (χ1n) is 9.95. The number of hydrogen-bond donors (Lipinski definition) is 2. The first-order chi connectivity index (χ1) is 14.2. The van der Waals surface area contributed by atoms with Crippen LogP contribution in [0.15, 0.2) is 58.0 Å². The van der Waals surface area contributed by atoms with Gasteiger partial charge < -0.3 is 9.88 Å². The maximum absolute atomic E-state index is 12.9. The summed E-state index contributed by atoms with van der Waals surface area (Å²) in [5, 5.41) is 3.92. The third-order valence-electron chi connectivity index (χ3n) is 4.98. The Morgan fingerprint density at radius 2 is 1.93 bits per heavy atom. The Balaban J connectivity index is 1.57. The molecule has 1 aliphatic carbocycles. The second-order valence-corrected chi connectivity index (χ2v) is 10.7. The molecule has 0 bridgehead atoms. The molecule has 4 rings (SSSR count). The molecule has 2 aromatic carbocycles. The van der Waals surface area contributed by atoms with Crippen molar-refractivity contribution in [1.29, 1.82) is 0 Å². The molecule has 0 unspecified atom stereocenters. The first kappa shape index (κ1) is 21.1. The maximum Gasteiger partial charge on any atom is 0.256 e. The summed E-state index contributed by atoms with van der Waals surface area (Å²) in [5.41, 5.74) is 2.04. The summed E-state index contributed by atoms with van der Waals surface area (Å²) in [6, 6.07) is 12.3. The fraction of sp³-hybridized carbons (Fsp3) is 0.318. The second-order valence-electron chi connectivity index (χ2n) is 8.13. The highest BCUT2D eigenvalue weighted by atomic mass is 79.9. The fourth-order valence-corrected chi connectivity index (χ4v) is 5.12. The van der Waals surface area contributed by atoms with E-state index in [-0.39, 0.29) is 22.4 Å². The van der Waals surface area contributed by atoms with Crippen LogP contribution in [0.4, 0.5) is 5.69 Å². The lowest BCUT2D eigenvalue weighted by Crippen LogP contribution is -2.26. The van der Waals surface area contributed by atoms with Crippen molar-refractivity contribution in [2.45, 2.75) is 44.2 Å². The van der Waals surface area contributed by atoms with Gasteiger partial charge in [0.2, 0.25) is 10.0 Å².